The van der Waals surface area contributed by atoms with Gasteiger partial charge >= 0.3 is 7.60 Å². The molecule has 2 N–H and O–H groups in total. The van der Waals surface area contributed by atoms with Crippen LogP contribution in [0.2, 0.25) is 0 Å². The molecule has 0 aliphatic carbocycles. The molecule has 2 atom stereocenters. The zero-order valence-electron chi connectivity index (χ0n) is 13.9. The van der Waals surface area contributed by atoms with Crippen LogP contribution in [0.5, 0.6) is 0 Å². The van der Waals surface area contributed by atoms with Crippen molar-refractivity contribution in [2.24, 2.45) is 0 Å². The summed E-state index contributed by atoms with van der Waals surface area (Å²) in [7, 11) is -1.33. The number of nitrogens with one attached hydrogen (secondary N) is 1. The lowest BCUT2D eigenvalue weighted by Gasteiger charge is -2.39. The van der Waals surface area contributed by atoms with Gasteiger partial charge in [0.2, 0.25) is 5.91 Å². The average Bonchev–Trinajstić information content (AvgIpc) is 2.53. The topological polar surface area (TPSA) is 84.9 Å². The minimum Gasteiger partial charge on any atom is -0.390 e. The third-order valence-corrected chi connectivity index (χ3v) is 6.20. The number of benzene rings is 1. The lowest BCUT2D eigenvalue weighted by Crippen LogP contribution is -2.55. The van der Waals surface area contributed by atoms with E-state index in [1.807, 2.05) is 36.4 Å². The van der Waals surface area contributed by atoms with Gasteiger partial charge < -0.3 is 19.5 Å². The number of hydrogen-bond acceptors (Lipinski definition) is 5. The molecule has 1 aromatic carbocycles. The average molecular weight is 341 g/mol. The minimum absolute atomic E-state index is 0.0814. The standard InChI is InChI=1S/C16H24NO5P/c1-13(18)16(17-14(2)19,23(20,21-3)22-4)12-8-11-15-9-6-5-7-10-15/h5-11,13,18H,12H2,1-4H3,(H,17,19)/b11-8+/t13-,16-/m0/s1. The van der Waals surface area contributed by atoms with Crippen LogP contribution in [-0.2, 0) is 18.4 Å². The van der Waals surface area contributed by atoms with E-state index in [2.05, 4.69) is 5.32 Å². The second-order valence-electron chi connectivity index (χ2n) is 5.16. The molecule has 0 bridgehead atoms. The van der Waals surface area contributed by atoms with Crippen LogP contribution in [0.25, 0.3) is 6.08 Å². The Morgan fingerprint density at radius 2 is 1.91 bits per heavy atom. The monoisotopic (exact) mass is 341 g/mol. The summed E-state index contributed by atoms with van der Waals surface area (Å²) in [5.41, 5.74) is 0.944. The Morgan fingerprint density at radius 3 is 2.35 bits per heavy atom. The van der Waals surface area contributed by atoms with Crippen molar-refractivity contribution in [2.75, 3.05) is 14.2 Å². The van der Waals surface area contributed by atoms with Gasteiger partial charge in [0.25, 0.3) is 0 Å². The highest BCUT2D eigenvalue weighted by atomic mass is 31.2. The van der Waals surface area contributed by atoms with Crippen LogP contribution in [0.4, 0.5) is 0 Å². The van der Waals surface area contributed by atoms with E-state index in [1.165, 1.54) is 28.1 Å². The SMILES string of the molecule is COP(=O)(OC)[C@](C/C=C/c1ccccc1)(NC(C)=O)[C@H](C)O. The normalized spacial score (nSPS) is 16.0. The molecule has 0 unspecified atom stereocenters. The second-order valence-corrected chi connectivity index (χ2v) is 7.68. The predicted molar refractivity (Wildman–Crippen MR) is 89.9 cm³/mol. The first-order valence-corrected chi connectivity index (χ1v) is 8.75. The van der Waals surface area contributed by atoms with Crippen molar-refractivity contribution in [3.05, 3.63) is 42.0 Å². The van der Waals surface area contributed by atoms with Gasteiger partial charge in [-0.2, -0.15) is 0 Å². The molecular weight excluding hydrogens is 317 g/mol. The third kappa shape index (κ3) is 4.52. The van der Waals surface area contributed by atoms with E-state index >= 15 is 0 Å². The lowest BCUT2D eigenvalue weighted by molar-refractivity contribution is -0.121. The Balaban J connectivity index is 3.19. The predicted octanol–water partition coefficient (Wildman–Crippen LogP) is 2.79. The van der Waals surface area contributed by atoms with E-state index in [9.17, 15) is 14.5 Å². The van der Waals surface area contributed by atoms with Gasteiger partial charge in [-0.3, -0.25) is 9.36 Å². The van der Waals surface area contributed by atoms with Crippen molar-refractivity contribution in [2.45, 2.75) is 31.7 Å². The van der Waals surface area contributed by atoms with E-state index in [1.54, 1.807) is 6.08 Å². The maximum absolute atomic E-state index is 12.9. The van der Waals surface area contributed by atoms with Crippen LogP contribution in [0, 0.1) is 0 Å². The summed E-state index contributed by atoms with van der Waals surface area (Å²) in [6.45, 7) is 2.73. The molecule has 0 spiro atoms. The fourth-order valence-corrected chi connectivity index (χ4v) is 4.26. The smallest absolute Gasteiger partial charge is 0.358 e. The third-order valence-electron chi connectivity index (χ3n) is 3.59. The molecule has 0 saturated carbocycles. The van der Waals surface area contributed by atoms with E-state index in [0.29, 0.717) is 0 Å². The first-order chi connectivity index (χ1) is 10.8. The van der Waals surface area contributed by atoms with Gasteiger partial charge in [0.15, 0.2) is 5.28 Å². The maximum Gasteiger partial charge on any atom is 0.358 e. The van der Waals surface area contributed by atoms with Crippen molar-refractivity contribution >= 4 is 19.6 Å². The molecule has 128 valence electrons. The van der Waals surface area contributed by atoms with Crippen LogP contribution in [0.3, 0.4) is 0 Å². The van der Waals surface area contributed by atoms with Crippen molar-refractivity contribution in [1.82, 2.24) is 5.32 Å². The zero-order valence-corrected chi connectivity index (χ0v) is 14.7. The number of amides is 1. The van der Waals surface area contributed by atoms with Gasteiger partial charge in [-0.1, -0.05) is 42.5 Å². The van der Waals surface area contributed by atoms with E-state index in [0.717, 1.165) is 5.56 Å². The van der Waals surface area contributed by atoms with E-state index in [4.69, 9.17) is 9.05 Å². The Morgan fingerprint density at radius 1 is 1.35 bits per heavy atom. The molecule has 0 radical (unpaired) electrons. The largest absolute Gasteiger partial charge is 0.390 e. The molecule has 0 aromatic heterocycles. The molecule has 1 amide bonds. The molecule has 0 fully saturated rings. The van der Waals surface area contributed by atoms with Crippen LogP contribution >= 0.6 is 7.60 Å². The summed E-state index contributed by atoms with van der Waals surface area (Å²) < 4.78 is 23.0. The number of rotatable bonds is 8. The Labute approximate surface area is 137 Å². The molecule has 23 heavy (non-hydrogen) atoms. The highest BCUT2D eigenvalue weighted by Gasteiger charge is 2.53. The summed E-state index contributed by atoms with van der Waals surface area (Å²) in [4.78, 5) is 11.6. The van der Waals surface area contributed by atoms with E-state index in [-0.39, 0.29) is 6.42 Å². The molecule has 0 saturated heterocycles. The molecule has 6 nitrogen and oxygen atoms in total. The quantitative estimate of drug-likeness (QED) is 0.710. The van der Waals surface area contributed by atoms with Crippen LogP contribution in [0.15, 0.2) is 36.4 Å². The summed E-state index contributed by atoms with van der Waals surface area (Å²) >= 11 is 0. The zero-order chi connectivity index (χ0) is 17.5. The van der Waals surface area contributed by atoms with Gasteiger partial charge in [0, 0.05) is 27.6 Å². The summed E-state index contributed by atoms with van der Waals surface area (Å²) in [5.74, 6) is -0.437. The van der Waals surface area contributed by atoms with Gasteiger partial charge in [0.05, 0.1) is 6.10 Å². The van der Waals surface area contributed by atoms with Crippen molar-refractivity contribution in [1.29, 1.82) is 0 Å². The minimum atomic E-state index is -3.79. The van der Waals surface area contributed by atoms with Crippen LogP contribution < -0.4 is 5.32 Å². The number of carbonyl (C=O) groups is 1. The fraction of sp³-hybridized carbons (Fsp3) is 0.438. The highest BCUT2D eigenvalue weighted by Crippen LogP contribution is 2.60. The van der Waals surface area contributed by atoms with Crippen molar-refractivity contribution < 1.29 is 23.5 Å². The second kappa shape index (κ2) is 8.41. The van der Waals surface area contributed by atoms with Crippen LogP contribution in [0.1, 0.15) is 25.8 Å². The number of aliphatic hydroxyl groups is 1. The molecule has 0 aliphatic rings. The molecule has 1 rings (SSSR count). The Kier molecular flexibility index (Phi) is 7.16. The van der Waals surface area contributed by atoms with Gasteiger partial charge in [-0.25, -0.2) is 0 Å². The number of aliphatic hydroxyl groups excluding tert-OH is 1. The Hall–Kier alpha value is -1.46. The summed E-state index contributed by atoms with van der Waals surface area (Å²) in [6, 6.07) is 9.50. The van der Waals surface area contributed by atoms with Gasteiger partial charge in [-0.15, -0.1) is 0 Å². The van der Waals surface area contributed by atoms with Gasteiger partial charge in [0.1, 0.15) is 0 Å². The molecule has 7 heteroatoms. The summed E-state index contributed by atoms with van der Waals surface area (Å²) in [6.07, 6.45) is 2.47. The molecule has 0 aliphatic heterocycles. The number of carbonyl (C=O) groups excluding carboxylic acids is 1. The number of hydrogen-bond donors (Lipinski definition) is 2. The first-order valence-electron chi connectivity index (χ1n) is 7.21. The van der Waals surface area contributed by atoms with Gasteiger partial charge in [-0.05, 0) is 12.5 Å². The molecular formula is C16H24NO5P. The fourth-order valence-electron chi connectivity index (χ4n) is 2.38. The van der Waals surface area contributed by atoms with Crippen molar-refractivity contribution in [3.63, 3.8) is 0 Å². The van der Waals surface area contributed by atoms with E-state index < -0.39 is 24.9 Å². The first kappa shape index (κ1) is 19.6. The van der Waals surface area contributed by atoms with Crippen LogP contribution in [-0.4, -0.2) is 36.6 Å². The Bertz CT molecular complexity index is 579. The molecule has 1 aromatic rings. The summed E-state index contributed by atoms with van der Waals surface area (Å²) in [5, 5.41) is 11.2. The highest BCUT2D eigenvalue weighted by molar-refractivity contribution is 7.55. The van der Waals surface area contributed by atoms with Crippen molar-refractivity contribution in [3.8, 4) is 0 Å². The lowest BCUT2D eigenvalue weighted by atomic mass is 10.1. The molecule has 0 heterocycles. The maximum atomic E-state index is 12.9.